The number of H-pyrrole nitrogens is 1. The topological polar surface area (TPSA) is 159 Å². The van der Waals surface area contributed by atoms with Crippen molar-refractivity contribution in [3.63, 3.8) is 0 Å². The Kier molecular flexibility index (Phi) is 6.55. The molecule has 4 N–H and O–H groups in total. The first-order valence-corrected chi connectivity index (χ1v) is 11.9. The summed E-state index contributed by atoms with van der Waals surface area (Å²) in [6, 6.07) is 12.1. The number of hydrogen-bond acceptors (Lipinski definition) is 9. The zero-order valence-electron chi connectivity index (χ0n) is 20.0. The van der Waals surface area contributed by atoms with Gasteiger partial charge in [0.1, 0.15) is 11.7 Å². The van der Waals surface area contributed by atoms with Crippen molar-refractivity contribution >= 4 is 17.7 Å². The number of ether oxygens (including phenoxy) is 3. The summed E-state index contributed by atoms with van der Waals surface area (Å²) in [5.41, 5.74) is 1.01. The van der Waals surface area contributed by atoms with Crippen molar-refractivity contribution in [3.05, 3.63) is 63.4 Å². The van der Waals surface area contributed by atoms with E-state index in [4.69, 9.17) is 14.2 Å². The number of nitrogens with one attached hydrogen (secondary N) is 3. The highest BCUT2D eigenvalue weighted by atomic mass is 16.5. The van der Waals surface area contributed by atoms with Crippen LogP contribution in [0, 0.1) is 17.2 Å². The normalized spacial score (nSPS) is 18.1. The minimum atomic E-state index is -1.17. The number of carbonyl (C=O) groups excluding carboxylic acids is 1. The molecule has 0 bridgehead atoms. The van der Waals surface area contributed by atoms with E-state index >= 15 is 0 Å². The van der Waals surface area contributed by atoms with E-state index in [2.05, 4.69) is 20.6 Å². The van der Waals surface area contributed by atoms with E-state index in [0.29, 0.717) is 43.4 Å². The number of carbonyl (C=O) groups is 1. The molecule has 2 aromatic carbocycles. The summed E-state index contributed by atoms with van der Waals surface area (Å²) in [4.78, 5) is 33.2. The lowest BCUT2D eigenvalue weighted by molar-refractivity contribution is -0.119. The standard InChI is InChI=1S/C26H25N5O6/c1-2-35-19-11-15(5-6-17(19)32)21-16(12-27)24(33)29-23-22(21)25(34)31-26(30-23)28-13-14-4-7-18-20(10-14)37-9-3-8-36-18/h4-7,10-11,16,21,32H,2-3,8-9,13H2,1H3,(H3,28,29,30,31,33,34). The zero-order chi connectivity index (χ0) is 25.9. The maximum absolute atomic E-state index is 13.2. The van der Waals surface area contributed by atoms with Crippen LogP contribution in [0.25, 0.3) is 0 Å². The van der Waals surface area contributed by atoms with Crippen molar-refractivity contribution in [2.75, 3.05) is 30.5 Å². The highest BCUT2D eigenvalue weighted by molar-refractivity contribution is 5.98. The predicted octanol–water partition coefficient (Wildman–Crippen LogP) is 2.87. The van der Waals surface area contributed by atoms with Gasteiger partial charge in [-0.2, -0.15) is 10.2 Å². The Balaban J connectivity index is 1.45. The van der Waals surface area contributed by atoms with Gasteiger partial charge in [0.15, 0.2) is 23.0 Å². The molecule has 190 valence electrons. The maximum Gasteiger partial charge on any atom is 0.258 e. The molecule has 37 heavy (non-hydrogen) atoms. The van der Waals surface area contributed by atoms with Gasteiger partial charge in [-0.15, -0.1) is 0 Å². The molecule has 3 aromatic rings. The number of benzene rings is 2. The van der Waals surface area contributed by atoms with Gasteiger partial charge >= 0.3 is 0 Å². The minimum Gasteiger partial charge on any atom is -0.504 e. The van der Waals surface area contributed by atoms with E-state index in [9.17, 15) is 20.0 Å². The van der Waals surface area contributed by atoms with Gasteiger partial charge in [-0.05, 0) is 42.3 Å². The molecule has 11 nitrogen and oxygen atoms in total. The first kappa shape index (κ1) is 24.0. The third-order valence-corrected chi connectivity index (χ3v) is 6.18. The Hall–Kier alpha value is -4.72. The fourth-order valence-corrected chi connectivity index (χ4v) is 4.45. The molecule has 1 amide bonds. The first-order valence-electron chi connectivity index (χ1n) is 11.9. The minimum absolute atomic E-state index is 0.0671. The van der Waals surface area contributed by atoms with Crippen molar-refractivity contribution in [2.45, 2.75) is 25.8 Å². The van der Waals surface area contributed by atoms with Crippen molar-refractivity contribution in [1.29, 1.82) is 5.26 Å². The van der Waals surface area contributed by atoms with Gasteiger partial charge in [-0.1, -0.05) is 12.1 Å². The summed E-state index contributed by atoms with van der Waals surface area (Å²) in [6.45, 7) is 3.57. The molecule has 0 aliphatic carbocycles. The van der Waals surface area contributed by atoms with Crippen molar-refractivity contribution in [2.24, 2.45) is 5.92 Å². The number of anilines is 2. The molecule has 0 radical (unpaired) electrons. The number of nitriles is 1. The number of aromatic amines is 1. The summed E-state index contributed by atoms with van der Waals surface area (Å²) >= 11 is 0. The van der Waals surface area contributed by atoms with Crippen LogP contribution in [-0.2, 0) is 11.3 Å². The molecule has 2 aliphatic rings. The fraction of sp³-hybridized carbons (Fsp3) is 0.308. The highest BCUT2D eigenvalue weighted by Crippen LogP contribution is 2.40. The molecule has 0 spiro atoms. The Morgan fingerprint density at radius 3 is 2.78 bits per heavy atom. The lowest BCUT2D eigenvalue weighted by Gasteiger charge is -2.28. The number of fused-ring (bicyclic) bond motifs is 2. The number of hydrogen-bond donors (Lipinski definition) is 4. The number of phenolic OH excluding ortho intramolecular Hbond substituents is 1. The number of amides is 1. The summed E-state index contributed by atoms with van der Waals surface area (Å²) in [5.74, 6) is -0.967. The number of aromatic nitrogens is 2. The second-order valence-electron chi connectivity index (χ2n) is 8.60. The predicted molar refractivity (Wildman–Crippen MR) is 133 cm³/mol. The van der Waals surface area contributed by atoms with Gasteiger partial charge in [-0.3, -0.25) is 14.6 Å². The van der Waals surface area contributed by atoms with Crippen molar-refractivity contribution in [1.82, 2.24) is 9.97 Å². The summed E-state index contributed by atoms with van der Waals surface area (Å²) < 4.78 is 16.8. The summed E-state index contributed by atoms with van der Waals surface area (Å²) in [7, 11) is 0. The Morgan fingerprint density at radius 1 is 1.19 bits per heavy atom. The average Bonchev–Trinajstić information content (AvgIpc) is 3.13. The Morgan fingerprint density at radius 2 is 2.00 bits per heavy atom. The first-order chi connectivity index (χ1) is 18.0. The number of aromatic hydroxyl groups is 1. The Labute approximate surface area is 212 Å². The molecule has 11 heteroatoms. The number of phenols is 1. The fourth-order valence-electron chi connectivity index (χ4n) is 4.45. The number of nitrogens with zero attached hydrogens (tertiary/aromatic N) is 2. The van der Waals surface area contributed by atoms with Gasteiger partial charge in [0, 0.05) is 18.9 Å². The van der Waals surface area contributed by atoms with Gasteiger partial charge < -0.3 is 30.0 Å². The van der Waals surface area contributed by atoms with Gasteiger partial charge in [0.25, 0.3) is 5.56 Å². The molecule has 0 saturated heterocycles. The van der Waals surface area contributed by atoms with E-state index in [1.807, 2.05) is 24.3 Å². The van der Waals surface area contributed by atoms with Crippen molar-refractivity contribution in [3.8, 4) is 29.1 Å². The van der Waals surface area contributed by atoms with Crippen LogP contribution in [-0.4, -0.2) is 40.8 Å². The van der Waals surface area contributed by atoms with Gasteiger partial charge in [-0.25, -0.2) is 0 Å². The molecule has 3 heterocycles. The molecule has 1 aromatic heterocycles. The quantitative estimate of drug-likeness (QED) is 0.397. The van der Waals surface area contributed by atoms with Crippen LogP contribution in [0.3, 0.4) is 0 Å². The lowest BCUT2D eigenvalue weighted by atomic mass is 9.79. The second-order valence-corrected chi connectivity index (χ2v) is 8.60. The molecule has 5 rings (SSSR count). The lowest BCUT2D eigenvalue weighted by Crippen LogP contribution is -2.38. The molecule has 0 fully saturated rings. The van der Waals surface area contributed by atoms with Gasteiger partial charge in [0.05, 0.1) is 31.5 Å². The van der Waals surface area contributed by atoms with Crippen LogP contribution >= 0.6 is 0 Å². The van der Waals surface area contributed by atoms with Crippen LogP contribution in [0.15, 0.2) is 41.2 Å². The zero-order valence-corrected chi connectivity index (χ0v) is 20.0. The van der Waals surface area contributed by atoms with E-state index in [0.717, 1.165) is 12.0 Å². The third kappa shape index (κ3) is 4.73. The molecular formula is C26H25N5O6. The summed E-state index contributed by atoms with van der Waals surface area (Å²) in [5, 5.41) is 25.5. The maximum atomic E-state index is 13.2. The summed E-state index contributed by atoms with van der Waals surface area (Å²) in [6.07, 6.45) is 0.805. The van der Waals surface area contributed by atoms with Crippen LogP contribution in [0.5, 0.6) is 23.0 Å². The molecule has 2 unspecified atom stereocenters. The van der Waals surface area contributed by atoms with Crippen LogP contribution < -0.4 is 30.4 Å². The van der Waals surface area contributed by atoms with Crippen molar-refractivity contribution < 1.29 is 24.1 Å². The molecule has 2 atom stereocenters. The monoisotopic (exact) mass is 503 g/mol. The second kappa shape index (κ2) is 10.1. The van der Waals surface area contributed by atoms with E-state index in [-0.39, 0.29) is 28.8 Å². The van der Waals surface area contributed by atoms with E-state index in [1.54, 1.807) is 13.0 Å². The average molecular weight is 504 g/mol. The molecule has 2 aliphatic heterocycles. The van der Waals surface area contributed by atoms with E-state index < -0.39 is 23.3 Å². The molecular weight excluding hydrogens is 478 g/mol. The van der Waals surface area contributed by atoms with Crippen LogP contribution in [0.4, 0.5) is 11.8 Å². The number of rotatable bonds is 6. The van der Waals surface area contributed by atoms with Crippen LogP contribution in [0.1, 0.15) is 36.0 Å². The molecule has 0 saturated carbocycles. The highest BCUT2D eigenvalue weighted by Gasteiger charge is 2.40. The SMILES string of the molecule is CCOc1cc(C2c3c(nc(NCc4ccc5c(c4)OCCCO5)[nH]c3=O)NC(=O)C2C#N)ccc1O. The smallest absolute Gasteiger partial charge is 0.258 e. The third-order valence-electron chi connectivity index (χ3n) is 6.18. The Bertz CT molecular complexity index is 1450. The largest absolute Gasteiger partial charge is 0.504 e. The van der Waals surface area contributed by atoms with Crippen LogP contribution in [0.2, 0.25) is 0 Å². The van der Waals surface area contributed by atoms with E-state index in [1.165, 1.54) is 12.1 Å². The van der Waals surface area contributed by atoms with Gasteiger partial charge in [0.2, 0.25) is 11.9 Å².